The predicted octanol–water partition coefficient (Wildman–Crippen LogP) is 1.50. The Morgan fingerprint density at radius 1 is 1.35 bits per heavy atom. The Balaban J connectivity index is 2.85. The van der Waals surface area contributed by atoms with Crippen molar-refractivity contribution in [2.75, 3.05) is 5.01 Å². The second kappa shape index (κ2) is 9.68. The van der Waals surface area contributed by atoms with E-state index in [4.69, 9.17) is 16.4 Å². The van der Waals surface area contributed by atoms with Gasteiger partial charge in [-0.1, -0.05) is 12.2 Å². The van der Waals surface area contributed by atoms with Crippen LogP contribution in [0.5, 0.6) is 0 Å². The van der Waals surface area contributed by atoms with Gasteiger partial charge in [0.1, 0.15) is 18.1 Å². The first kappa shape index (κ1) is 18.8. The summed E-state index contributed by atoms with van der Waals surface area (Å²) in [7, 11) is 2.60. The minimum absolute atomic E-state index is 0.0980. The smallest absolute Gasteiger partial charge is 0.351 e. The second-order valence-corrected chi connectivity index (χ2v) is 4.91. The second-order valence-electron chi connectivity index (χ2n) is 4.25. The minimum atomic E-state index is -0.710. The number of amides is 2. The van der Waals surface area contributed by atoms with Crippen molar-refractivity contribution in [1.29, 1.82) is 0 Å². The van der Waals surface area contributed by atoms with Gasteiger partial charge in [0.05, 0.1) is 0 Å². The number of aromatic nitrogens is 2. The molecule has 0 fully saturated rings. The average Bonchev–Trinajstić information content (AvgIpc) is 2.60. The molecule has 0 aliphatic carbocycles. The molecule has 0 saturated heterocycles. The van der Waals surface area contributed by atoms with Crippen LogP contribution in [0.15, 0.2) is 47.8 Å². The molecule has 0 aromatic carbocycles. The highest BCUT2D eigenvalue weighted by Gasteiger charge is 2.17. The third-order valence-corrected chi connectivity index (χ3v) is 3.28. The van der Waals surface area contributed by atoms with E-state index < -0.39 is 6.03 Å². The molecule has 1 rings (SSSR count). The van der Waals surface area contributed by atoms with Gasteiger partial charge in [-0.25, -0.2) is 26.5 Å². The lowest BCUT2D eigenvalue weighted by atomic mass is 10.3. The summed E-state index contributed by atoms with van der Waals surface area (Å²) in [6, 6.07) is -0.710. The lowest BCUT2D eigenvalue weighted by Gasteiger charge is -2.17. The number of allylic oxidation sites excluding steroid dienone is 5. The summed E-state index contributed by atoms with van der Waals surface area (Å²) in [4.78, 5) is 19.7. The van der Waals surface area contributed by atoms with Crippen LogP contribution in [-0.4, -0.2) is 16.0 Å². The highest BCUT2D eigenvalue weighted by atomic mass is 31.0. The molecule has 8 nitrogen and oxygen atoms in total. The van der Waals surface area contributed by atoms with Gasteiger partial charge < -0.3 is 4.74 Å². The van der Waals surface area contributed by atoms with Crippen molar-refractivity contribution in [3.8, 4) is 0 Å². The quantitative estimate of drug-likeness (QED) is 0.181. The molecule has 0 aliphatic heterocycles. The van der Waals surface area contributed by atoms with Crippen molar-refractivity contribution in [2.24, 2.45) is 11.7 Å². The topological polar surface area (TPSA) is 119 Å². The normalized spacial score (nSPS) is 12.4. The van der Waals surface area contributed by atoms with E-state index in [1.54, 1.807) is 0 Å². The van der Waals surface area contributed by atoms with Gasteiger partial charge in [0.25, 0.3) is 0 Å². The van der Waals surface area contributed by atoms with Gasteiger partial charge >= 0.3 is 6.03 Å². The maximum atomic E-state index is 11.5. The van der Waals surface area contributed by atoms with E-state index >= 15 is 0 Å². The third kappa shape index (κ3) is 5.78. The number of hydrogen-bond acceptors (Lipinski definition) is 6. The van der Waals surface area contributed by atoms with Crippen LogP contribution in [0.25, 0.3) is 0 Å². The van der Waals surface area contributed by atoms with Gasteiger partial charge in [-0.3, -0.25) is 10.4 Å². The van der Waals surface area contributed by atoms with E-state index in [1.807, 2.05) is 43.6 Å². The van der Waals surface area contributed by atoms with Gasteiger partial charge in [0, 0.05) is 12.4 Å². The highest BCUT2D eigenvalue weighted by Crippen LogP contribution is 2.16. The summed E-state index contributed by atoms with van der Waals surface area (Å²) in [6.07, 6.45) is 10.4. The number of carbonyl (C=O) groups is 1. The van der Waals surface area contributed by atoms with E-state index in [1.165, 1.54) is 12.4 Å². The molecule has 0 saturated carbocycles. The number of hydrogen-bond donors (Lipinski definition) is 3. The minimum Gasteiger partial charge on any atom is -0.487 e. The van der Waals surface area contributed by atoms with Gasteiger partial charge in [-0.05, 0) is 31.3 Å². The van der Waals surface area contributed by atoms with Crippen LogP contribution in [0.4, 0.5) is 10.6 Å². The Morgan fingerprint density at radius 3 is 2.65 bits per heavy atom. The van der Waals surface area contributed by atoms with Crippen LogP contribution in [0.1, 0.15) is 19.5 Å². The molecule has 5 N–H and O–H groups in total. The molecule has 1 atom stereocenters. The first-order valence-corrected chi connectivity index (χ1v) is 7.35. The fourth-order valence-corrected chi connectivity index (χ4v) is 1.58. The first-order chi connectivity index (χ1) is 11.0. The lowest BCUT2D eigenvalue weighted by Crippen LogP contribution is -2.48. The van der Waals surface area contributed by atoms with E-state index in [0.29, 0.717) is 11.5 Å². The van der Waals surface area contributed by atoms with Gasteiger partial charge in [0.15, 0.2) is 5.82 Å². The number of nitrogens with one attached hydrogen (secondary N) is 1. The lowest BCUT2D eigenvalue weighted by molar-refractivity contribution is 0.206. The molecule has 2 amide bonds. The number of urea groups is 1. The SMILES string of the molecule is C/C=C(/C=C\C(P)=C/C)OCc1nccnc1N(N)C(=O)NN. The zero-order chi connectivity index (χ0) is 17.2. The van der Waals surface area contributed by atoms with E-state index in [2.05, 4.69) is 19.2 Å². The molecule has 0 spiro atoms. The Morgan fingerprint density at radius 2 is 2.04 bits per heavy atom. The fourth-order valence-electron chi connectivity index (χ4n) is 1.48. The molecule has 23 heavy (non-hydrogen) atoms. The number of anilines is 1. The maximum absolute atomic E-state index is 11.5. The van der Waals surface area contributed by atoms with Crippen LogP contribution in [-0.2, 0) is 11.3 Å². The number of hydrazine groups is 2. The summed E-state index contributed by atoms with van der Waals surface area (Å²) in [5.74, 6) is 11.5. The molecule has 1 aromatic rings. The van der Waals surface area contributed by atoms with Crippen molar-refractivity contribution in [2.45, 2.75) is 20.5 Å². The Hall–Kier alpha value is -2.28. The van der Waals surface area contributed by atoms with E-state index in [0.717, 1.165) is 10.3 Å². The largest absolute Gasteiger partial charge is 0.487 e. The number of carbonyl (C=O) groups excluding carboxylic acids is 1. The summed E-state index contributed by atoms with van der Waals surface area (Å²) < 4.78 is 5.67. The fraction of sp³-hybridized carbons (Fsp3) is 0.214. The zero-order valence-corrected chi connectivity index (χ0v) is 14.2. The van der Waals surface area contributed by atoms with Crippen LogP contribution in [0, 0.1) is 0 Å². The van der Waals surface area contributed by atoms with Gasteiger partial charge in [0.2, 0.25) is 0 Å². The maximum Gasteiger partial charge on any atom is 0.351 e. The molecule has 0 aliphatic rings. The van der Waals surface area contributed by atoms with Crippen LogP contribution < -0.4 is 22.1 Å². The van der Waals surface area contributed by atoms with Crippen molar-refractivity contribution < 1.29 is 9.53 Å². The standard InChI is InChI=1S/C14H21N6O2P/c1-3-10(5-6-11(23)4-2)22-9-12-13(18-8-7-17-12)20(16)14(21)19-15/h3-8H,9,15-16,23H2,1-2H3,(H,19,21)/b6-5-,10-3-,11-4+. The molecule has 9 heteroatoms. The molecule has 124 valence electrons. The van der Waals surface area contributed by atoms with Gasteiger partial charge in [-0.2, -0.15) is 0 Å². The van der Waals surface area contributed by atoms with E-state index in [9.17, 15) is 4.79 Å². The monoisotopic (exact) mass is 336 g/mol. The van der Waals surface area contributed by atoms with Crippen LogP contribution >= 0.6 is 9.24 Å². The third-order valence-electron chi connectivity index (χ3n) is 2.76. The van der Waals surface area contributed by atoms with Crippen LogP contribution in [0.2, 0.25) is 0 Å². The Bertz CT molecular complexity index is 629. The average molecular weight is 336 g/mol. The number of nitrogens with zero attached hydrogens (tertiary/aromatic N) is 3. The van der Waals surface area contributed by atoms with Gasteiger partial charge in [-0.15, -0.1) is 9.24 Å². The molecule has 0 radical (unpaired) electrons. The summed E-state index contributed by atoms with van der Waals surface area (Å²) >= 11 is 0. The molecule has 1 aromatic heterocycles. The van der Waals surface area contributed by atoms with Crippen molar-refractivity contribution >= 4 is 21.1 Å². The molecule has 1 unspecified atom stereocenters. The number of nitrogens with two attached hydrogens (primary N) is 2. The Kier molecular flexibility index (Phi) is 7.90. The highest BCUT2D eigenvalue weighted by molar-refractivity contribution is 7.22. The van der Waals surface area contributed by atoms with Crippen molar-refractivity contribution in [3.63, 3.8) is 0 Å². The van der Waals surface area contributed by atoms with Crippen molar-refractivity contribution in [1.82, 2.24) is 15.4 Å². The molecule has 1 heterocycles. The Labute approximate surface area is 137 Å². The zero-order valence-electron chi connectivity index (χ0n) is 13.1. The molecule has 0 bridgehead atoms. The first-order valence-electron chi connectivity index (χ1n) is 6.77. The molecular formula is C14H21N6O2P. The predicted molar refractivity (Wildman–Crippen MR) is 92.6 cm³/mol. The summed E-state index contributed by atoms with van der Waals surface area (Å²) in [5, 5.41) is 1.80. The van der Waals surface area contributed by atoms with E-state index in [-0.39, 0.29) is 12.4 Å². The summed E-state index contributed by atoms with van der Waals surface area (Å²) in [5.41, 5.74) is 2.33. The van der Waals surface area contributed by atoms with Crippen molar-refractivity contribution in [3.05, 3.63) is 53.5 Å². The van der Waals surface area contributed by atoms with Crippen LogP contribution in [0.3, 0.4) is 0 Å². The number of rotatable bonds is 6. The number of ether oxygens (including phenoxy) is 1. The summed E-state index contributed by atoms with van der Waals surface area (Å²) in [6.45, 7) is 3.89. The molecular weight excluding hydrogens is 315 g/mol.